The molecule has 9 heteroatoms. The van der Waals surface area contributed by atoms with E-state index in [-0.39, 0.29) is 15.9 Å². The fourth-order valence-electron chi connectivity index (χ4n) is 3.12. The van der Waals surface area contributed by atoms with Gasteiger partial charge in [0.1, 0.15) is 47.1 Å². The minimum absolute atomic E-state index is 0.0149. The smallest absolute Gasteiger partial charge is 0.231 e. The highest BCUT2D eigenvalue weighted by Gasteiger charge is 2.42. The average molecular weight is 278 g/mol. The molecular weight excluding hydrogens is 255 g/mol. The van der Waals surface area contributed by atoms with Crippen molar-refractivity contribution in [1.29, 1.82) is 0 Å². The van der Waals surface area contributed by atoms with Gasteiger partial charge in [0.05, 0.1) is 0 Å². The Bertz CT molecular complexity index is 533. The first-order chi connectivity index (χ1) is 9.59. The van der Waals surface area contributed by atoms with Crippen LogP contribution in [-0.4, -0.2) is 64.5 Å². The van der Waals surface area contributed by atoms with E-state index in [0.717, 1.165) is 17.9 Å². The highest BCUT2D eigenvalue weighted by molar-refractivity contribution is 6.59. The van der Waals surface area contributed by atoms with E-state index in [1.807, 2.05) is 6.07 Å². The maximum absolute atomic E-state index is 5.54. The van der Waals surface area contributed by atoms with Crippen LogP contribution in [0.15, 0.2) is 18.2 Å². The minimum atomic E-state index is -0.0317. The number of fused-ring (bicyclic) bond motifs is 1. The molecule has 1 aromatic carbocycles. The third kappa shape index (κ3) is 3.18. The molecule has 3 nitrogen and oxygen atoms in total. The maximum atomic E-state index is 5.54. The zero-order valence-corrected chi connectivity index (χ0v) is 14.5. The van der Waals surface area contributed by atoms with Crippen LogP contribution in [0.5, 0.6) is 11.5 Å². The van der Waals surface area contributed by atoms with Crippen molar-refractivity contribution in [3.8, 4) is 11.5 Å². The van der Waals surface area contributed by atoms with E-state index in [4.69, 9.17) is 9.47 Å². The van der Waals surface area contributed by atoms with Gasteiger partial charge in [-0.05, 0) is 24.0 Å². The molecule has 21 heavy (non-hydrogen) atoms. The molecule has 0 saturated heterocycles. The Morgan fingerprint density at radius 3 is 2.24 bits per heavy atom. The number of hydrogen-bond donors (Lipinski definition) is 1. The maximum Gasteiger partial charge on any atom is 0.231 e. The van der Waals surface area contributed by atoms with Gasteiger partial charge in [-0.2, -0.15) is 0 Å². The first-order valence-electron chi connectivity index (χ1n) is 7.78. The lowest BCUT2D eigenvalue weighted by Gasteiger charge is -2.50. The fourth-order valence-corrected chi connectivity index (χ4v) is 3.12. The number of hydrogen-bond acceptors (Lipinski definition) is 3. The SMILES string of the molecule is BC(B)(B)NC(B)(CC)C(B)(B)c1ccc2c(c1)OCO2. The summed E-state index contributed by atoms with van der Waals surface area (Å²) in [6.07, 6.45) is 1.05. The Hall–Kier alpha value is -0.830. The first-order valence-corrected chi connectivity index (χ1v) is 7.78. The van der Waals surface area contributed by atoms with Crippen LogP contribution in [0.25, 0.3) is 0 Å². The van der Waals surface area contributed by atoms with E-state index in [1.54, 1.807) is 0 Å². The van der Waals surface area contributed by atoms with E-state index >= 15 is 0 Å². The van der Waals surface area contributed by atoms with Crippen LogP contribution in [-0.2, 0) is 5.21 Å². The molecule has 0 saturated carbocycles. The van der Waals surface area contributed by atoms with Crippen LogP contribution in [0, 0.1) is 0 Å². The molecule has 0 bridgehead atoms. The van der Waals surface area contributed by atoms with Crippen LogP contribution in [0.3, 0.4) is 0 Å². The molecule has 0 amide bonds. The van der Waals surface area contributed by atoms with E-state index in [0.29, 0.717) is 6.79 Å². The molecule has 0 spiro atoms. The summed E-state index contributed by atoms with van der Waals surface area (Å²) in [7, 11) is 13.6. The van der Waals surface area contributed by atoms with Crippen molar-refractivity contribution in [1.82, 2.24) is 5.32 Å². The second-order valence-corrected chi connectivity index (χ2v) is 7.75. The summed E-state index contributed by atoms with van der Waals surface area (Å²) in [5.74, 6) is 1.70. The van der Waals surface area contributed by atoms with Crippen LogP contribution < -0.4 is 14.8 Å². The lowest BCUT2D eigenvalue weighted by molar-refractivity contribution is 0.174. The van der Waals surface area contributed by atoms with Crippen molar-refractivity contribution in [2.45, 2.75) is 29.2 Å². The molecule has 106 valence electrons. The molecule has 1 aliphatic rings. The molecule has 1 aromatic rings. The monoisotopic (exact) mass is 279 g/mol. The van der Waals surface area contributed by atoms with Gasteiger partial charge in [-0.3, -0.25) is 0 Å². The predicted octanol–water partition coefficient (Wildman–Crippen LogP) is -4.33. The summed E-state index contributed by atoms with van der Waals surface area (Å²) in [4.78, 5) is 0. The Balaban J connectivity index is 2.39. The molecule has 1 aliphatic heterocycles. The Labute approximate surface area is 133 Å². The number of nitrogens with one attached hydrogen (secondary N) is 1. The lowest BCUT2D eigenvalue weighted by atomic mass is 9.35. The summed E-state index contributed by atoms with van der Waals surface area (Å²) < 4.78 is 11.0. The standard InChI is InChI=1S/C12H23B6NO2/c1-2-10(13,19-12(16,17)18)11(14,15)7-3-4-8-9(5-7)21-6-20-8/h3-5,19H,2,6,13-18H2,1H3. The molecule has 1 N–H and O–H groups in total. The van der Waals surface area contributed by atoms with Crippen molar-refractivity contribution in [3.05, 3.63) is 23.8 Å². The van der Waals surface area contributed by atoms with Gasteiger partial charge in [0.25, 0.3) is 0 Å². The molecule has 0 aliphatic carbocycles. The summed E-state index contributed by atoms with van der Waals surface area (Å²) in [5, 5.41) is 3.85. The van der Waals surface area contributed by atoms with Gasteiger partial charge in [0.2, 0.25) is 6.79 Å². The molecule has 0 radical (unpaired) electrons. The van der Waals surface area contributed by atoms with Crippen LogP contribution in [0.2, 0.25) is 0 Å². The third-order valence-corrected chi connectivity index (χ3v) is 4.83. The van der Waals surface area contributed by atoms with Crippen molar-refractivity contribution in [2.75, 3.05) is 6.79 Å². The van der Waals surface area contributed by atoms with Gasteiger partial charge in [0.15, 0.2) is 11.5 Å². The van der Waals surface area contributed by atoms with Crippen molar-refractivity contribution in [3.63, 3.8) is 0 Å². The van der Waals surface area contributed by atoms with Gasteiger partial charge in [-0.25, -0.2) is 0 Å². The molecule has 1 atom stereocenters. The largest absolute Gasteiger partial charge is 0.454 e. The molecule has 0 aromatic heterocycles. The van der Waals surface area contributed by atoms with Gasteiger partial charge < -0.3 is 14.8 Å². The summed E-state index contributed by atoms with van der Waals surface area (Å²) >= 11 is 0. The molecule has 0 fully saturated rings. The predicted molar refractivity (Wildman–Crippen MR) is 104 cm³/mol. The van der Waals surface area contributed by atoms with Crippen LogP contribution in [0.4, 0.5) is 0 Å². The van der Waals surface area contributed by atoms with E-state index in [2.05, 4.69) is 71.5 Å². The number of benzene rings is 1. The Morgan fingerprint density at radius 2 is 1.67 bits per heavy atom. The third-order valence-electron chi connectivity index (χ3n) is 4.83. The molecule has 2 rings (SSSR count). The second-order valence-electron chi connectivity index (χ2n) is 7.75. The van der Waals surface area contributed by atoms with Gasteiger partial charge in [-0.15, -0.1) is 0 Å². The Morgan fingerprint density at radius 1 is 1.05 bits per heavy atom. The van der Waals surface area contributed by atoms with Crippen molar-refractivity contribution < 1.29 is 9.47 Å². The van der Waals surface area contributed by atoms with E-state index in [1.165, 1.54) is 5.56 Å². The van der Waals surface area contributed by atoms with Gasteiger partial charge in [-0.1, -0.05) is 29.0 Å². The summed E-state index contributed by atoms with van der Waals surface area (Å²) in [5.41, 5.74) is 1.26. The summed E-state index contributed by atoms with van der Waals surface area (Å²) in [6.45, 7) is 2.57. The quantitative estimate of drug-likeness (QED) is 0.553. The zero-order chi connectivity index (χ0) is 15.9. The highest BCUT2D eigenvalue weighted by Crippen LogP contribution is 2.38. The molecular formula is C12H23B6NO2. The lowest BCUT2D eigenvalue weighted by Crippen LogP contribution is -2.69. The van der Waals surface area contributed by atoms with Crippen molar-refractivity contribution >= 4 is 47.1 Å². The zero-order valence-electron chi connectivity index (χ0n) is 14.5. The van der Waals surface area contributed by atoms with E-state index in [9.17, 15) is 0 Å². The number of ether oxygens (including phenoxy) is 2. The van der Waals surface area contributed by atoms with Crippen LogP contribution >= 0.6 is 0 Å². The van der Waals surface area contributed by atoms with Crippen LogP contribution in [0.1, 0.15) is 18.9 Å². The molecule has 1 unspecified atom stereocenters. The first kappa shape index (κ1) is 16.5. The molecule has 1 heterocycles. The minimum Gasteiger partial charge on any atom is -0.454 e. The summed E-state index contributed by atoms with van der Waals surface area (Å²) in [6, 6.07) is 6.30. The Kier molecular flexibility index (Phi) is 4.27. The normalized spacial score (nSPS) is 17.4. The number of rotatable bonds is 5. The average Bonchev–Trinajstić information content (AvgIpc) is 2.83. The van der Waals surface area contributed by atoms with Gasteiger partial charge >= 0.3 is 0 Å². The fraction of sp³-hybridized carbons (Fsp3) is 0.500. The highest BCUT2D eigenvalue weighted by atomic mass is 16.7. The topological polar surface area (TPSA) is 30.5 Å². The van der Waals surface area contributed by atoms with Crippen molar-refractivity contribution in [2.24, 2.45) is 0 Å². The van der Waals surface area contributed by atoms with Gasteiger partial charge in [0, 0.05) is 0 Å². The second kappa shape index (κ2) is 5.42. The van der Waals surface area contributed by atoms with E-state index < -0.39 is 0 Å².